The number of hydrogen-bond acceptors (Lipinski definition) is 4. The van der Waals surface area contributed by atoms with Crippen molar-refractivity contribution in [2.24, 2.45) is 0 Å². The highest BCUT2D eigenvalue weighted by Gasteiger charge is 2.61. The zero-order chi connectivity index (χ0) is 14.1. The molecule has 1 unspecified atom stereocenters. The Hall–Kier alpha value is -0.880. The highest BCUT2D eigenvalue weighted by molar-refractivity contribution is 7.90. The Bertz CT molecular complexity index is 447. The van der Waals surface area contributed by atoms with Crippen molar-refractivity contribution in [1.29, 1.82) is 0 Å². The molecule has 0 aromatic rings. The van der Waals surface area contributed by atoms with Gasteiger partial charge in [-0.05, 0) is 34.6 Å². The molecule has 0 radical (unpaired) electrons. The number of allylic oxidation sites excluding steroid dienone is 1. The summed E-state index contributed by atoms with van der Waals surface area (Å²) in [5.41, 5.74) is 0. The van der Waals surface area contributed by atoms with E-state index in [4.69, 9.17) is 4.74 Å². The Morgan fingerprint density at radius 1 is 1.39 bits per heavy atom. The van der Waals surface area contributed by atoms with E-state index in [0.29, 0.717) is 0 Å². The fraction of sp³-hybridized carbons (Fsp3) is 0.750. The van der Waals surface area contributed by atoms with Gasteiger partial charge in [0.05, 0.1) is 17.4 Å². The molecule has 0 bridgehead atoms. The maximum absolute atomic E-state index is 12.3. The van der Waals surface area contributed by atoms with Gasteiger partial charge in [0.25, 0.3) is 0 Å². The Balaban J connectivity index is 2.99. The lowest BCUT2D eigenvalue weighted by Crippen LogP contribution is -2.36. The van der Waals surface area contributed by atoms with Crippen LogP contribution in [0.25, 0.3) is 0 Å². The molecule has 1 aliphatic heterocycles. The van der Waals surface area contributed by atoms with E-state index in [2.05, 4.69) is 0 Å². The largest absolute Gasteiger partial charge is 0.465 e. The fourth-order valence-corrected chi connectivity index (χ4v) is 3.31. The Labute approximate surface area is 109 Å². The first-order chi connectivity index (χ1) is 8.18. The summed E-state index contributed by atoms with van der Waals surface area (Å²) < 4.78 is 29.8. The number of ether oxygens (including phenoxy) is 1. The van der Waals surface area contributed by atoms with Crippen LogP contribution in [0.2, 0.25) is 0 Å². The molecule has 1 heterocycles. The maximum Gasteiger partial charge on any atom is 0.326 e. The SMILES string of the molecule is C/C=C/[C@H]1[C@H](C(=O)OCC)N1S(=O)(=O)C(C)(C)C. The van der Waals surface area contributed by atoms with E-state index in [-0.39, 0.29) is 6.61 Å². The van der Waals surface area contributed by atoms with Gasteiger partial charge in [0.15, 0.2) is 0 Å². The maximum atomic E-state index is 12.3. The van der Waals surface area contributed by atoms with Crippen LogP contribution in [0, 0.1) is 0 Å². The molecule has 1 fully saturated rings. The van der Waals surface area contributed by atoms with Crippen molar-refractivity contribution in [3.05, 3.63) is 12.2 Å². The van der Waals surface area contributed by atoms with Gasteiger partial charge in [-0.15, -0.1) is 0 Å². The molecule has 0 spiro atoms. The molecule has 0 saturated carbocycles. The normalized spacial score (nSPS) is 28.4. The van der Waals surface area contributed by atoms with Crippen molar-refractivity contribution >= 4 is 16.0 Å². The van der Waals surface area contributed by atoms with Crippen LogP contribution in [0.5, 0.6) is 0 Å². The minimum Gasteiger partial charge on any atom is -0.465 e. The van der Waals surface area contributed by atoms with Crippen molar-refractivity contribution in [1.82, 2.24) is 4.31 Å². The number of rotatable bonds is 4. The second-order valence-electron chi connectivity index (χ2n) is 5.16. The smallest absolute Gasteiger partial charge is 0.326 e. The van der Waals surface area contributed by atoms with Crippen LogP contribution in [0.15, 0.2) is 12.2 Å². The predicted octanol–water partition coefficient (Wildman–Crippen LogP) is 1.31. The minimum absolute atomic E-state index is 0.251. The van der Waals surface area contributed by atoms with Gasteiger partial charge in [-0.2, -0.15) is 4.31 Å². The molecule has 1 rings (SSSR count). The zero-order valence-electron chi connectivity index (χ0n) is 11.5. The molecule has 6 heteroatoms. The van der Waals surface area contributed by atoms with E-state index in [1.54, 1.807) is 46.8 Å². The summed E-state index contributed by atoms with van der Waals surface area (Å²) in [5.74, 6) is -0.478. The van der Waals surface area contributed by atoms with Gasteiger partial charge < -0.3 is 4.74 Å². The van der Waals surface area contributed by atoms with E-state index in [9.17, 15) is 13.2 Å². The molecule has 5 nitrogen and oxygen atoms in total. The summed E-state index contributed by atoms with van der Waals surface area (Å²) in [7, 11) is -3.51. The molecule has 0 aliphatic carbocycles. The van der Waals surface area contributed by atoms with Crippen LogP contribution >= 0.6 is 0 Å². The number of esters is 1. The lowest BCUT2D eigenvalue weighted by Gasteiger charge is -2.20. The highest BCUT2D eigenvalue weighted by Crippen LogP contribution is 2.39. The third-order valence-corrected chi connectivity index (χ3v) is 5.34. The summed E-state index contributed by atoms with van der Waals surface area (Å²) in [6.07, 6.45) is 3.46. The van der Waals surface area contributed by atoms with Crippen LogP contribution in [0.4, 0.5) is 0 Å². The predicted molar refractivity (Wildman–Crippen MR) is 69.5 cm³/mol. The summed E-state index contributed by atoms with van der Waals surface area (Å²) in [4.78, 5) is 11.7. The average molecular weight is 275 g/mol. The van der Waals surface area contributed by atoms with E-state index < -0.39 is 32.8 Å². The Morgan fingerprint density at radius 2 is 1.94 bits per heavy atom. The molecular formula is C12H21NO4S. The van der Waals surface area contributed by atoms with Crippen molar-refractivity contribution in [3.8, 4) is 0 Å². The molecule has 18 heavy (non-hydrogen) atoms. The van der Waals surface area contributed by atoms with E-state index in [0.717, 1.165) is 0 Å². The molecule has 0 N–H and O–H groups in total. The van der Waals surface area contributed by atoms with Crippen LogP contribution < -0.4 is 0 Å². The summed E-state index contributed by atoms with van der Waals surface area (Å²) >= 11 is 0. The Kier molecular flexibility index (Phi) is 4.23. The topological polar surface area (TPSA) is 63.5 Å². The molecule has 0 aromatic carbocycles. The summed E-state index contributed by atoms with van der Waals surface area (Å²) in [6, 6.07) is -1.11. The van der Waals surface area contributed by atoms with Crippen LogP contribution in [0.3, 0.4) is 0 Å². The van der Waals surface area contributed by atoms with Gasteiger partial charge in [0.1, 0.15) is 6.04 Å². The highest BCUT2D eigenvalue weighted by atomic mass is 32.2. The molecule has 3 atom stereocenters. The lowest BCUT2D eigenvalue weighted by molar-refractivity contribution is -0.143. The standard InChI is InChI=1S/C12H21NO4S/c1-6-8-9-10(11(14)17-7-2)13(9)18(15,16)12(3,4)5/h6,8-10H,7H2,1-5H3/b8-6+/t9-,10+,13?/m0/s1. The first-order valence-electron chi connectivity index (χ1n) is 6.01. The molecule has 104 valence electrons. The van der Waals surface area contributed by atoms with E-state index in [1.165, 1.54) is 4.31 Å². The fourth-order valence-electron chi connectivity index (χ4n) is 1.71. The Morgan fingerprint density at radius 3 is 2.33 bits per heavy atom. The molecule has 1 saturated heterocycles. The van der Waals surface area contributed by atoms with Gasteiger partial charge in [-0.1, -0.05) is 12.2 Å². The van der Waals surface area contributed by atoms with Gasteiger partial charge in [-0.25, -0.2) is 8.42 Å². The summed E-state index contributed by atoms with van der Waals surface area (Å²) in [5, 5.41) is 0. The first-order valence-corrected chi connectivity index (χ1v) is 7.45. The van der Waals surface area contributed by atoms with Crippen molar-refractivity contribution < 1.29 is 17.9 Å². The number of nitrogens with zero attached hydrogens (tertiary/aromatic N) is 1. The van der Waals surface area contributed by atoms with Gasteiger partial charge in [0, 0.05) is 0 Å². The van der Waals surface area contributed by atoms with Crippen LogP contribution in [-0.4, -0.2) is 42.1 Å². The second-order valence-corrected chi connectivity index (χ2v) is 7.76. The van der Waals surface area contributed by atoms with Crippen molar-refractivity contribution in [2.45, 2.75) is 51.4 Å². The molecule has 0 aromatic heterocycles. The van der Waals surface area contributed by atoms with Crippen molar-refractivity contribution in [2.75, 3.05) is 6.61 Å². The third kappa shape index (κ3) is 2.59. The minimum atomic E-state index is -3.51. The van der Waals surface area contributed by atoms with Gasteiger partial charge in [-0.3, -0.25) is 4.79 Å². The van der Waals surface area contributed by atoms with Gasteiger partial charge in [0.2, 0.25) is 10.0 Å². The number of carbonyl (C=O) groups excluding carboxylic acids is 1. The quantitative estimate of drug-likeness (QED) is 0.441. The summed E-state index contributed by atoms with van der Waals surface area (Å²) in [6.45, 7) is 8.61. The monoisotopic (exact) mass is 275 g/mol. The number of hydrogen-bond donors (Lipinski definition) is 0. The second kappa shape index (κ2) is 5.01. The van der Waals surface area contributed by atoms with Crippen molar-refractivity contribution in [3.63, 3.8) is 0 Å². The number of carbonyl (C=O) groups is 1. The lowest BCUT2D eigenvalue weighted by atomic mass is 10.3. The molecular weight excluding hydrogens is 254 g/mol. The van der Waals surface area contributed by atoms with Crippen LogP contribution in [0.1, 0.15) is 34.6 Å². The molecule has 1 aliphatic rings. The third-order valence-electron chi connectivity index (χ3n) is 2.77. The van der Waals surface area contributed by atoms with E-state index in [1.807, 2.05) is 0 Å². The zero-order valence-corrected chi connectivity index (χ0v) is 12.3. The van der Waals surface area contributed by atoms with Crippen LogP contribution in [-0.2, 0) is 19.6 Å². The van der Waals surface area contributed by atoms with E-state index >= 15 is 0 Å². The first kappa shape index (κ1) is 15.2. The number of sulfonamides is 1. The van der Waals surface area contributed by atoms with Gasteiger partial charge >= 0.3 is 5.97 Å². The average Bonchev–Trinajstić information content (AvgIpc) is 2.92. The molecule has 0 amide bonds.